The van der Waals surface area contributed by atoms with E-state index in [-0.39, 0.29) is 11.5 Å². The maximum absolute atomic E-state index is 12.5. The van der Waals surface area contributed by atoms with Crippen molar-refractivity contribution in [3.05, 3.63) is 60.2 Å². The SMILES string of the molecule is COc1ccc([C@@H](OC(=O)Nc2ccc(SC)cc2)[C@@H](/C=C/C(=O)NO)OC)cc1O. The van der Waals surface area contributed by atoms with Crippen LogP contribution in [0.4, 0.5) is 10.5 Å². The van der Waals surface area contributed by atoms with Crippen molar-refractivity contribution in [3.8, 4) is 11.5 Å². The summed E-state index contributed by atoms with van der Waals surface area (Å²) >= 11 is 1.57. The fourth-order valence-corrected chi connectivity index (χ4v) is 3.08. The van der Waals surface area contributed by atoms with Crippen molar-refractivity contribution >= 4 is 29.4 Å². The molecule has 0 bridgehead atoms. The van der Waals surface area contributed by atoms with Gasteiger partial charge in [-0.05, 0) is 54.3 Å². The number of anilines is 1. The van der Waals surface area contributed by atoms with E-state index in [4.69, 9.17) is 19.4 Å². The van der Waals surface area contributed by atoms with Crippen LogP contribution in [0.2, 0.25) is 0 Å². The van der Waals surface area contributed by atoms with Crippen molar-refractivity contribution in [3.63, 3.8) is 0 Å². The zero-order valence-corrected chi connectivity index (χ0v) is 18.0. The van der Waals surface area contributed by atoms with Gasteiger partial charge in [0.2, 0.25) is 0 Å². The Labute approximate surface area is 184 Å². The molecular formula is C21H24N2O7S. The van der Waals surface area contributed by atoms with E-state index in [0.29, 0.717) is 11.3 Å². The highest BCUT2D eigenvalue weighted by Crippen LogP contribution is 2.33. The number of phenolic OH excluding ortho intramolecular Hbond substituents is 1. The fraction of sp³-hybridized carbons (Fsp3) is 0.238. The molecule has 0 aliphatic carbocycles. The molecule has 2 atom stereocenters. The van der Waals surface area contributed by atoms with Gasteiger partial charge in [-0.2, -0.15) is 0 Å². The van der Waals surface area contributed by atoms with Crippen molar-refractivity contribution in [1.82, 2.24) is 5.48 Å². The van der Waals surface area contributed by atoms with Crippen molar-refractivity contribution in [2.45, 2.75) is 17.1 Å². The lowest BCUT2D eigenvalue weighted by atomic mass is 10.0. The standard InChI is InChI=1S/C21H24N2O7S/c1-28-17-9-4-13(12-16(17)24)20(18(29-2)10-11-19(25)23-27)30-21(26)22-14-5-7-15(31-3)8-6-14/h4-12,18,20,24,27H,1-3H3,(H,22,26)(H,23,25)/b11-10+/t18-,20-/m1/s1. The predicted octanol–water partition coefficient (Wildman–Crippen LogP) is 3.49. The Kier molecular flexibility index (Phi) is 9.19. The molecule has 166 valence electrons. The van der Waals surface area contributed by atoms with Crippen molar-refractivity contribution in [1.29, 1.82) is 0 Å². The lowest BCUT2D eigenvalue weighted by molar-refractivity contribution is -0.124. The molecule has 0 radical (unpaired) electrons. The first-order valence-corrected chi connectivity index (χ1v) is 10.3. The van der Waals surface area contributed by atoms with Gasteiger partial charge in [0.1, 0.15) is 6.10 Å². The number of aromatic hydroxyl groups is 1. The summed E-state index contributed by atoms with van der Waals surface area (Å²) in [6.07, 6.45) is 1.59. The number of hydrogen-bond donors (Lipinski definition) is 4. The minimum atomic E-state index is -1.03. The number of ether oxygens (including phenoxy) is 3. The number of hydroxylamine groups is 1. The molecule has 0 aromatic heterocycles. The van der Waals surface area contributed by atoms with Crippen molar-refractivity contribution < 1.29 is 34.1 Å². The second-order valence-electron chi connectivity index (χ2n) is 6.15. The summed E-state index contributed by atoms with van der Waals surface area (Å²) in [5, 5.41) is 21.4. The molecule has 0 aliphatic heterocycles. The zero-order chi connectivity index (χ0) is 22.8. The minimum absolute atomic E-state index is 0.159. The van der Waals surface area contributed by atoms with Crippen LogP contribution in [0.25, 0.3) is 0 Å². The first-order chi connectivity index (χ1) is 14.9. The Morgan fingerprint density at radius 1 is 1.13 bits per heavy atom. The van der Waals surface area contributed by atoms with E-state index in [1.54, 1.807) is 30.0 Å². The molecule has 10 heteroatoms. The molecule has 0 saturated heterocycles. The van der Waals surface area contributed by atoms with Crippen LogP contribution in [0, 0.1) is 0 Å². The average Bonchev–Trinajstić information content (AvgIpc) is 2.78. The van der Waals surface area contributed by atoms with Crippen molar-refractivity contribution in [2.75, 3.05) is 25.8 Å². The Bertz CT molecular complexity index is 918. The van der Waals surface area contributed by atoms with Gasteiger partial charge in [-0.15, -0.1) is 11.8 Å². The van der Waals surface area contributed by atoms with Crippen LogP contribution >= 0.6 is 11.8 Å². The summed E-state index contributed by atoms with van der Waals surface area (Å²) in [7, 11) is 2.78. The third kappa shape index (κ3) is 6.92. The summed E-state index contributed by atoms with van der Waals surface area (Å²) in [6.45, 7) is 0. The van der Waals surface area contributed by atoms with Gasteiger partial charge >= 0.3 is 6.09 Å². The van der Waals surface area contributed by atoms with Gasteiger partial charge in [0.25, 0.3) is 5.91 Å². The van der Waals surface area contributed by atoms with E-state index in [9.17, 15) is 14.7 Å². The third-order valence-electron chi connectivity index (χ3n) is 4.22. The topological polar surface area (TPSA) is 126 Å². The Morgan fingerprint density at radius 2 is 1.84 bits per heavy atom. The summed E-state index contributed by atoms with van der Waals surface area (Å²) in [6, 6.07) is 11.7. The van der Waals surface area contributed by atoms with E-state index in [1.165, 1.54) is 37.9 Å². The first-order valence-electron chi connectivity index (χ1n) is 9.05. The average molecular weight is 448 g/mol. The Morgan fingerprint density at radius 3 is 2.39 bits per heavy atom. The van der Waals surface area contributed by atoms with Gasteiger partial charge in [0.15, 0.2) is 17.6 Å². The van der Waals surface area contributed by atoms with Crippen LogP contribution in [0.5, 0.6) is 11.5 Å². The molecule has 2 rings (SSSR count). The number of rotatable bonds is 9. The van der Waals surface area contributed by atoms with Gasteiger partial charge in [0.05, 0.1) is 7.11 Å². The molecular weight excluding hydrogens is 424 g/mol. The second kappa shape index (κ2) is 11.8. The fourth-order valence-electron chi connectivity index (χ4n) is 2.67. The summed E-state index contributed by atoms with van der Waals surface area (Å²) in [4.78, 5) is 25.0. The molecule has 4 N–H and O–H groups in total. The van der Waals surface area contributed by atoms with Gasteiger partial charge in [-0.25, -0.2) is 10.3 Å². The van der Waals surface area contributed by atoms with E-state index < -0.39 is 24.2 Å². The highest BCUT2D eigenvalue weighted by Gasteiger charge is 2.27. The summed E-state index contributed by atoms with van der Waals surface area (Å²) in [5.41, 5.74) is 2.40. The quantitative estimate of drug-likeness (QED) is 0.199. The molecule has 0 aliphatic rings. The van der Waals surface area contributed by atoms with Gasteiger partial charge in [-0.1, -0.05) is 6.07 Å². The molecule has 31 heavy (non-hydrogen) atoms. The normalized spacial score (nSPS) is 12.8. The summed E-state index contributed by atoms with van der Waals surface area (Å²) < 4.78 is 16.0. The van der Waals surface area contributed by atoms with E-state index in [1.807, 2.05) is 18.4 Å². The zero-order valence-electron chi connectivity index (χ0n) is 17.2. The van der Waals surface area contributed by atoms with Crippen LogP contribution in [0.15, 0.2) is 59.5 Å². The number of nitrogens with one attached hydrogen (secondary N) is 2. The first kappa shape index (κ1) is 24.1. The van der Waals surface area contributed by atoms with Gasteiger partial charge in [0, 0.05) is 23.8 Å². The number of phenols is 1. The lowest BCUT2D eigenvalue weighted by Gasteiger charge is -2.25. The smallest absolute Gasteiger partial charge is 0.412 e. The molecule has 0 saturated carbocycles. The highest BCUT2D eigenvalue weighted by atomic mass is 32.2. The summed E-state index contributed by atoms with van der Waals surface area (Å²) in [5.74, 6) is -0.699. The van der Waals surface area contributed by atoms with E-state index >= 15 is 0 Å². The van der Waals surface area contributed by atoms with E-state index in [0.717, 1.165) is 11.0 Å². The number of hydrogen-bond acceptors (Lipinski definition) is 8. The van der Waals surface area contributed by atoms with Crippen LogP contribution < -0.4 is 15.5 Å². The second-order valence-corrected chi connectivity index (χ2v) is 7.03. The van der Waals surface area contributed by atoms with Crippen molar-refractivity contribution in [2.24, 2.45) is 0 Å². The number of amides is 2. The molecule has 2 aromatic rings. The Hall–Kier alpha value is -3.21. The Balaban J connectivity index is 2.28. The van der Waals surface area contributed by atoms with Crippen LogP contribution in [0.3, 0.4) is 0 Å². The third-order valence-corrected chi connectivity index (χ3v) is 4.96. The predicted molar refractivity (Wildman–Crippen MR) is 116 cm³/mol. The van der Waals surface area contributed by atoms with Gasteiger partial charge in [-0.3, -0.25) is 15.3 Å². The number of benzene rings is 2. The van der Waals surface area contributed by atoms with Crippen LogP contribution in [-0.2, 0) is 14.3 Å². The number of carbonyl (C=O) groups excluding carboxylic acids is 2. The lowest BCUT2D eigenvalue weighted by Crippen LogP contribution is -2.27. The molecule has 2 aromatic carbocycles. The maximum Gasteiger partial charge on any atom is 0.412 e. The molecule has 9 nitrogen and oxygen atoms in total. The molecule has 0 fully saturated rings. The molecule has 0 heterocycles. The number of methoxy groups -OCH3 is 2. The molecule has 0 spiro atoms. The maximum atomic E-state index is 12.5. The number of carbonyl (C=O) groups is 2. The highest BCUT2D eigenvalue weighted by molar-refractivity contribution is 7.98. The molecule has 2 amide bonds. The van der Waals surface area contributed by atoms with E-state index in [2.05, 4.69) is 5.32 Å². The van der Waals surface area contributed by atoms with Crippen LogP contribution in [0.1, 0.15) is 11.7 Å². The molecule has 0 unspecified atom stereocenters. The number of thioether (sulfide) groups is 1. The minimum Gasteiger partial charge on any atom is -0.504 e. The monoisotopic (exact) mass is 448 g/mol. The van der Waals surface area contributed by atoms with Gasteiger partial charge < -0.3 is 19.3 Å². The van der Waals surface area contributed by atoms with Crippen LogP contribution in [-0.4, -0.2) is 48.9 Å². The largest absolute Gasteiger partial charge is 0.504 e.